The third kappa shape index (κ3) is 3.32. The minimum atomic E-state index is -0.294. The van der Waals surface area contributed by atoms with E-state index in [1.54, 1.807) is 24.9 Å². The quantitative estimate of drug-likeness (QED) is 0.483. The topological polar surface area (TPSA) is 60.5 Å². The van der Waals surface area contributed by atoms with Gasteiger partial charge in [-0.1, -0.05) is 12.1 Å². The van der Waals surface area contributed by atoms with Gasteiger partial charge < -0.3 is 9.15 Å². The number of esters is 1. The zero-order valence-corrected chi connectivity index (χ0v) is 16.1. The van der Waals surface area contributed by atoms with Gasteiger partial charge in [0.25, 0.3) is 0 Å². The molecule has 6 nitrogen and oxygen atoms in total. The number of carbonyl (C=O) groups is 1. The summed E-state index contributed by atoms with van der Waals surface area (Å²) in [4.78, 5) is 19.2. The number of aromatic nitrogens is 2. The molecule has 0 aliphatic carbocycles. The molecule has 0 amide bonds. The van der Waals surface area contributed by atoms with E-state index >= 15 is 0 Å². The van der Waals surface area contributed by atoms with Crippen molar-refractivity contribution in [3.05, 3.63) is 72.9 Å². The van der Waals surface area contributed by atoms with Crippen molar-refractivity contribution in [3.63, 3.8) is 0 Å². The number of imidazole rings is 1. The largest absolute Gasteiger partial charge is 0.472 e. The van der Waals surface area contributed by atoms with Gasteiger partial charge in [0.2, 0.25) is 0 Å². The highest BCUT2D eigenvalue weighted by Crippen LogP contribution is 2.26. The summed E-state index contributed by atoms with van der Waals surface area (Å²) in [5.74, 6) is -0.294. The molecular weight excluding hydrogens is 366 g/mol. The van der Waals surface area contributed by atoms with E-state index in [4.69, 9.17) is 9.15 Å². The lowest BCUT2D eigenvalue weighted by Gasteiger charge is -2.19. The van der Waals surface area contributed by atoms with Crippen molar-refractivity contribution < 1.29 is 13.9 Å². The first-order valence-electron chi connectivity index (χ1n) is 9.70. The standard InChI is InChI=1S/C23H21N3O3/c1-25-10-3-6-22(25)29-23(27)17-4-2-5-19(12-17)26-15-24-20-13-16(7-8-21(20)26)18-9-11-28-14-18/h2,4-5,7-9,11-15,22H,3,6,10H2,1H3. The molecule has 146 valence electrons. The predicted octanol–water partition coefficient (Wildman–Crippen LogP) is 4.49. The number of ether oxygens (including phenoxy) is 1. The Kier molecular flexibility index (Phi) is 4.41. The average Bonchev–Trinajstić information content (AvgIpc) is 3.49. The van der Waals surface area contributed by atoms with Crippen LogP contribution in [0.4, 0.5) is 0 Å². The van der Waals surface area contributed by atoms with Crippen molar-refractivity contribution >= 4 is 17.0 Å². The minimum absolute atomic E-state index is 0.137. The molecule has 0 bridgehead atoms. The average molecular weight is 387 g/mol. The number of benzene rings is 2. The summed E-state index contributed by atoms with van der Waals surface area (Å²) in [7, 11) is 1.98. The van der Waals surface area contributed by atoms with E-state index in [2.05, 4.69) is 9.88 Å². The van der Waals surface area contributed by atoms with Crippen LogP contribution >= 0.6 is 0 Å². The Labute approximate surface area is 168 Å². The number of nitrogens with zero attached hydrogens (tertiary/aromatic N) is 3. The predicted molar refractivity (Wildman–Crippen MR) is 110 cm³/mol. The van der Waals surface area contributed by atoms with E-state index in [9.17, 15) is 4.79 Å². The van der Waals surface area contributed by atoms with Gasteiger partial charge in [0.05, 0.1) is 29.1 Å². The molecule has 1 aliphatic heterocycles. The summed E-state index contributed by atoms with van der Waals surface area (Å²) in [6, 6.07) is 15.5. The summed E-state index contributed by atoms with van der Waals surface area (Å²) in [5, 5.41) is 0. The lowest BCUT2D eigenvalue weighted by Crippen LogP contribution is -2.30. The number of carbonyl (C=O) groups excluding carboxylic acids is 1. The Morgan fingerprint density at radius 2 is 2.10 bits per heavy atom. The molecule has 1 fully saturated rings. The Morgan fingerprint density at radius 3 is 2.90 bits per heavy atom. The van der Waals surface area contributed by atoms with Crippen LogP contribution in [0.5, 0.6) is 0 Å². The van der Waals surface area contributed by atoms with Gasteiger partial charge in [-0.05, 0) is 61.9 Å². The number of likely N-dealkylation sites (tertiary alicyclic amines) is 1. The van der Waals surface area contributed by atoms with Gasteiger partial charge >= 0.3 is 5.97 Å². The fourth-order valence-electron chi connectivity index (χ4n) is 3.83. The fourth-order valence-corrected chi connectivity index (χ4v) is 3.83. The Bertz CT molecular complexity index is 1160. The molecule has 1 aliphatic rings. The molecule has 0 radical (unpaired) electrons. The van der Waals surface area contributed by atoms with Crippen LogP contribution in [-0.2, 0) is 4.74 Å². The lowest BCUT2D eigenvalue weighted by molar-refractivity contribution is -0.00592. The van der Waals surface area contributed by atoms with Crippen molar-refractivity contribution in [3.8, 4) is 16.8 Å². The first-order valence-corrected chi connectivity index (χ1v) is 9.70. The number of hydrogen-bond acceptors (Lipinski definition) is 5. The van der Waals surface area contributed by atoms with E-state index < -0.39 is 0 Å². The fraction of sp³-hybridized carbons (Fsp3) is 0.217. The zero-order chi connectivity index (χ0) is 19.8. The van der Waals surface area contributed by atoms with Crippen molar-refractivity contribution in [2.45, 2.75) is 19.1 Å². The van der Waals surface area contributed by atoms with Gasteiger partial charge in [-0.25, -0.2) is 9.78 Å². The summed E-state index contributed by atoms with van der Waals surface area (Å²) in [5.41, 5.74) is 5.33. The molecule has 6 heteroatoms. The van der Waals surface area contributed by atoms with Gasteiger partial charge in [-0.15, -0.1) is 0 Å². The maximum atomic E-state index is 12.6. The smallest absolute Gasteiger partial charge is 0.339 e. The Hall–Kier alpha value is -3.38. The summed E-state index contributed by atoms with van der Waals surface area (Å²) < 4.78 is 12.8. The molecule has 1 atom stereocenters. The highest BCUT2D eigenvalue weighted by molar-refractivity contribution is 5.90. The van der Waals surface area contributed by atoms with Crippen LogP contribution in [0.1, 0.15) is 23.2 Å². The molecule has 4 aromatic rings. The first-order chi connectivity index (χ1) is 14.2. The highest BCUT2D eigenvalue weighted by atomic mass is 16.6. The van der Waals surface area contributed by atoms with E-state index in [-0.39, 0.29) is 12.2 Å². The number of hydrogen-bond donors (Lipinski definition) is 0. The van der Waals surface area contributed by atoms with Crippen LogP contribution in [0.3, 0.4) is 0 Å². The summed E-state index contributed by atoms with van der Waals surface area (Å²) in [6.07, 6.45) is 6.95. The van der Waals surface area contributed by atoms with Crippen molar-refractivity contribution in [2.24, 2.45) is 0 Å². The normalized spacial score (nSPS) is 17.1. The van der Waals surface area contributed by atoms with Crippen LogP contribution in [0.15, 0.2) is 71.8 Å². The van der Waals surface area contributed by atoms with Crippen LogP contribution in [0.2, 0.25) is 0 Å². The Morgan fingerprint density at radius 1 is 1.17 bits per heavy atom. The monoisotopic (exact) mass is 387 g/mol. The maximum Gasteiger partial charge on any atom is 0.339 e. The van der Waals surface area contributed by atoms with Gasteiger partial charge in [0.1, 0.15) is 6.33 Å². The Balaban J connectivity index is 1.44. The number of rotatable bonds is 4. The lowest BCUT2D eigenvalue weighted by atomic mass is 10.1. The molecule has 2 aromatic heterocycles. The highest BCUT2D eigenvalue weighted by Gasteiger charge is 2.25. The van der Waals surface area contributed by atoms with Crippen molar-refractivity contribution in [1.82, 2.24) is 14.5 Å². The first kappa shape index (κ1) is 17.7. The van der Waals surface area contributed by atoms with Gasteiger partial charge in [-0.3, -0.25) is 9.47 Å². The molecule has 29 heavy (non-hydrogen) atoms. The third-order valence-corrected chi connectivity index (χ3v) is 5.46. The molecule has 3 heterocycles. The molecule has 2 aromatic carbocycles. The van der Waals surface area contributed by atoms with E-state index in [0.717, 1.165) is 47.2 Å². The van der Waals surface area contributed by atoms with Gasteiger partial charge in [0, 0.05) is 17.8 Å². The maximum absolute atomic E-state index is 12.6. The van der Waals surface area contributed by atoms with Gasteiger partial charge in [-0.2, -0.15) is 0 Å². The summed E-state index contributed by atoms with van der Waals surface area (Å²) in [6.45, 7) is 0.958. The van der Waals surface area contributed by atoms with Crippen LogP contribution in [0, 0.1) is 0 Å². The molecular formula is C23H21N3O3. The van der Waals surface area contributed by atoms with Crippen molar-refractivity contribution in [2.75, 3.05) is 13.6 Å². The molecule has 5 rings (SSSR count). The second kappa shape index (κ2) is 7.22. The molecule has 1 unspecified atom stereocenters. The summed E-state index contributed by atoms with van der Waals surface area (Å²) >= 11 is 0. The van der Waals surface area contributed by atoms with E-state index in [0.29, 0.717) is 5.56 Å². The van der Waals surface area contributed by atoms with Gasteiger partial charge in [0.15, 0.2) is 6.23 Å². The minimum Gasteiger partial charge on any atom is -0.472 e. The second-order valence-electron chi connectivity index (χ2n) is 7.36. The number of fused-ring (bicyclic) bond motifs is 1. The third-order valence-electron chi connectivity index (χ3n) is 5.46. The molecule has 1 saturated heterocycles. The van der Waals surface area contributed by atoms with Crippen LogP contribution in [0.25, 0.3) is 27.8 Å². The SMILES string of the molecule is CN1CCCC1OC(=O)c1cccc(-n2cnc3cc(-c4ccoc4)ccc32)c1. The number of furan rings is 1. The zero-order valence-electron chi connectivity index (χ0n) is 16.1. The second-order valence-corrected chi connectivity index (χ2v) is 7.36. The van der Waals surface area contributed by atoms with E-state index in [1.165, 1.54) is 0 Å². The molecule has 0 saturated carbocycles. The van der Waals surface area contributed by atoms with Crippen LogP contribution < -0.4 is 0 Å². The van der Waals surface area contributed by atoms with Crippen molar-refractivity contribution in [1.29, 1.82) is 0 Å². The molecule has 0 spiro atoms. The van der Waals surface area contributed by atoms with E-state index in [1.807, 2.05) is 54.1 Å². The molecule has 0 N–H and O–H groups in total. The van der Waals surface area contributed by atoms with Crippen LogP contribution in [-0.4, -0.2) is 40.2 Å².